The van der Waals surface area contributed by atoms with E-state index in [0.717, 1.165) is 19.6 Å². The third-order valence-electron chi connectivity index (χ3n) is 1.50. The van der Waals surface area contributed by atoms with Crippen molar-refractivity contribution in [2.45, 2.75) is 12.6 Å². The highest BCUT2D eigenvalue weighted by atomic mass is 16.5. The molecule has 2 heterocycles. The summed E-state index contributed by atoms with van der Waals surface area (Å²) >= 11 is 0. The van der Waals surface area contributed by atoms with Gasteiger partial charge in [0.25, 0.3) is 0 Å². The predicted octanol–water partition coefficient (Wildman–Crippen LogP) is 0.0342. The van der Waals surface area contributed by atoms with Crippen LogP contribution in [-0.4, -0.2) is 30.6 Å². The normalized spacial score (nSPS) is 34.0. The van der Waals surface area contributed by atoms with Crippen molar-refractivity contribution < 1.29 is 4.74 Å². The lowest BCUT2D eigenvalue weighted by molar-refractivity contribution is 0.0534. The van der Waals surface area contributed by atoms with Crippen LogP contribution in [0.5, 0.6) is 0 Å². The summed E-state index contributed by atoms with van der Waals surface area (Å²) in [6.45, 7) is 1.82. The number of nitrogens with zero attached hydrogens (tertiary/aromatic N) is 2. The molecule has 0 aromatic heterocycles. The summed E-state index contributed by atoms with van der Waals surface area (Å²) < 4.78 is 5.28. The minimum atomic E-state index is 0.287. The average Bonchev–Trinajstić information content (AvgIpc) is 2.15. The largest absolute Gasteiger partial charge is 0.355 e. The highest BCUT2D eigenvalue weighted by molar-refractivity contribution is 5.59. The van der Waals surface area contributed by atoms with E-state index in [2.05, 4.69) is 5.10 Å². The van der Waals surface area contributed by atoms with E-state index < -0.39 is 0 Å². The number of hydrogen-bond acceptors (Lipinski definition) is 3. The summed E-state index contributed by atoms with van der Waals surface area (Å²) in [7, 11) is 0. The zero-order valence-electron chi connectivity index (χ0n) is 4.58. The molecule has 0 saturated carbocycles. The summed E-state index contributed by atoms with van der Waals surface area (Å²) in [5, 5.41) is 6.07. The lowest BCUT2D eigenvalue weighted by Crippen LogP contribution is -2.18. The van der Waals surface area contributed by atoms with Gasteiger partial charge in [0.05, 0.1) is 13.2 Å². The second-order valence-corrected chi connectivity index (χ2v) is 2.02. The van der Waals surface area contributed by atoms with Crippen molar-refractivity contribution in [3.8, 4) is 0 Å². The van der Waals surface area contributed by atoms with E-state index in [0.29, 0.717) is 0 Å². The Kier molecular flexibility index (Phi) is 0.784. The average molecular weight is 112 g/mol. The first kappa shape index (κ1) is 4.32. The van der Waals surface area contributed by atoms with Gasteiger partial charge in [0, 0.05) is 12.6 Å². The summed E-state index contributed by atoms with van der Waals surface area (Å²) in [6, 6.07) is 0. The molecule has 0 radical (unpaired) electrons. The Balaban J connectivity index is 2.13. The number of hydrazone groups is 1. The minimum Gasteiger partial charge on any atom is -0.355 e. The Hall–Kier alpha value is -0.570. The maximum Gasteiger partial charge on any atom is 0.150 e. The Morgan fingerprint density at radius 1 is 1.75 bits per heavy atom. The van der Waals surface area contributed by atoms with Crippen LogP contribution in [0.2, 0.25) is 0 Å². The third kappa shape index (κ3) is 0.448. The molecule has 1 saturated heterocycles. The van der Waals surface area contributed by atoms with E-state index in [9.17, 15) is 0 Å². The Bertz CT molecular complexity index is 124. The molecule has 0 amide bonds. The van der Waals surface area contributed by atoms with Gasteiger partial charge in [-0.1, -0.05) is 0 Å². The highest BCUT2D eigenvalue weighted by Gasteiger charge is 2.25. The number of rotatable bonds is 0. The molecule has 2 rings (SSSR count). The molecular weight excluding hydrogens is 104 g/mol. The molecule has 0 spiro atoms. The maximum atomic E-state index is 5.28. The first-order valence-corrected chi connectivity index (χ1v) is 2.87. The summed E-state index contributed by atoms with van der Waals surface area (Å²) in [5.74, 6) is 0. The third-order valence-corrected chi connectivity index (χ3v) is 1.50. The van der Waals surface area contributed by atoms with Crippen molar-refractivity contribution in [3.05, 3.63) is 0 Å². The predicted molar refractivity (Wildman–Crippen MR) is 29.6 cm³/mol. The first-order valence-electron chi connectivity index (χ1n) is 2.87. The van der Waals surface area contributed by atoms with Gasteiger partial charge in [-0.15, -0.1) is 0 Å². The summed E-state index contributed by atoms with van der Waals surface area (Å²) in [6.07, 6.45) is 3.17. The van der Waals surface area contributed by atoms with Crippen LogP contribution >= 0.6 is 0 Å². The van der Waals surface area contributed by atoms with Gasteiger partial charge in [-0.2, -0.15) is 5.10 Å². The molecule has 0 aliphatic carbocycles. The van der Waals surface area contributed by atoms with E-state index in [-0.39, 0.29) is 6.23 Å². The first-order chi connectivity index (χ1) is 3.97. The van der Waals surface area contributed by atoms with Gasteiger partial charge in [0.1, 0.15) is 0 Å². The SMILES string of the molecule is C1=NN2CCOC2C1. The number of hydrogen-bond donors (Lipinski definition) is 0. The molecule has 8 heavy (non-hydrogen) atoms. The van der Waals surface area contributed by atoms with Crippen LogP contribution in [0.4, 0.5) is 0 Å². The Morgan fingerprint density at radius 2 is 2.75 bits per heavy atom. The van der Waals surface area contributed by atoms with Crippen molar-refractivity contribution in [1.82, 2.24) is 5.01 Å². The van der Waals surface area contributed by atoms with Gasteiger partial charge in [-0.05, 0) is 0 Å². The molecule has 3 nitrogen and oxygen atoms in total. The topological polar surface area (TPSA) is 24.8 Å². The van der Waals surface area contributed by atoms with Gasteiger partial charge in [0.2, 0.25) is 0 Å². The Morgan fingerprint density at radius 3 is 3.62 bits per heavy atom. The molecule has 0 aromatic carbocycles. The van der Waals surface area contributed by atoms with Crippen LogP contribution in [0.3, 0.4) is 0 Å². The van der Waals surface area contributed by atoms with Gasteiger partial charge < -0.3 is 4.74 Å². The smallest absolute Gasteiger partial charge is 0.150 e. The summed E-state index contributed by atoms with van der Waals surface area (Å²) in [4.78, 5) is 0. The van der Waals surface area contributed by atoms with Gasteiger partial charge in [-0.3, -0.25) is 5.01 Å². The quantitative estimate of drug-likeness (QED) is 0.442. The van der Waals surface area contributed by atoms with Crippen molar-refractivity contribution in [3.63, 3.8) is 0 Å². The standard InChI is InChI=1S/C5H8N2O/c1-2-6-7-3-4-8-5(1)7/h2,5H,1,3-4H2. The molecule has 44 valence electrons. The van der Waals surface area contributed by atoms with Crippen LogP contribution in [0.15, 0.2) is 5.10 Å². The fourth-order valence-corrected chi connectivity index (χ4v) is 1.08. The van der Waals surface area contributed by atoms with E-state index in [1.165, 1.54) is 0 Å². The number of ether oxygens (including phenoxy) is 1. The maximum absolute atomic E-state index is 5.28. The molecule has 1 fully saturated rings. The molecule has 1 unspecified atom stereocenters. The zero-order valence-corrected chi connectivity index (χ0v) is 4.58. The molecule has 0 N–H and O–H groups in total. The van der Waals surface area contributed by atoms with Crippen LogP contribution in [0.1, 0.15) is 6.42 Å². The second kappa shape index (κ2) is 1.45. The molecule has 0 bridgehead atoms. The van der Waals surface area contributed by atoms with Crippen molar-refractivity contribution >= 4 is 6.21 Å². The molecule has 1 atom stereocenters. The minimum absolute atomic E-state index is 0.287. The Labute approximate surface area is 47.9 Å². The molecule has 2 aliphatic rings. The van der Waals surface area contributed by atoms with Gasteiger partial charge >= 0.3 is 0 Å². The number of fused-ring (bicyclic) bond motifs is 1. The molecular formula is C5H8N2O. The van der Waals surface area contributed by atoms with Crippen LogP contribution in [0.25, 0.3) is 0 Å². The molecule has 0 aromatic rings. The fraction of sp³-hybridized carbons (Fsp3) is 0.800. The van der Waals surface area contributed by atoms with E-state index >= 15 is 0 Å². The lowest BCUT2D eigenvalue weighted by atomic mass is 10.4. The fourth-order valence-electron chi connectivity index (χ4n) is 1.08. The lowest BCUT2D eigenvalue weighted by Gasteiger charge is -2.09. The second-order valence-electron chi connectivity index (χ2n) is 2.02. The van der Waals surface area contributed by atoms with E-state index in [1.54, 1.807) is 0 Å². The van der Waals surface area contributed by atoms with Crippen molar-refractivity contribution in [1.29, 1.82) is 0 Å². The van der Waals surface area contributed by atoms with Gasteiger partial charge in [-0.25, -0.2) is 0 Å². The zero-order chi connectivity index (χ0) is 5.40. The van der Waals surface area contributed by atoms with E-state index in [4.69, 9.17) is 4.74 Å². The van der Waals surface area contributed by atoms with Crippen LogP contribution < -0.4 is 0 Å². The summed E-state index contributed by atoms with van der Waals surface area (Å²) in [5.41, 5.74) is 0. The van der Waals surface area contributed by atoms with Crippen molar-refractivity contribution in [2.75, 3.05) is 13.2 Å². The van der Waals surface area contributed by atoms with Crippen LogP contribution in [0, 0.1) is 0 Å². The molecule has 2 aliphatic heterocycles. The van der Waals surface area contributed by atoms with Crippen LogP contribution in [-0.2, 0) is 4.74 Å². The van der Waals surface area contributed by atoms with E-state index in [1.807, 2.05) is 11.2 Å². The van der Waals surface area contributed by atoms with Crippen molar-refractivity contribution in [2.24, 2.45) is 5.10 Å². The monoisotopic (exact) mass is 112 g/mol. The van der Waals surface area contributed by atoms with Gasteiger partial charge in [0.15, 0.2) is 6.23 Å². The molecule has 3 heteroatoms. The highest BCUT2D eigenvalue weighted by Crippen LogP contribution is 2.16.